The van der Waals surface area contributed by atoms with Gasteiger partial charge in [0.05, 0.1) is 0 Å². The van der Waals surface area contributed by atoms with Crippen LogP contribution in [0, 0.1) is 5.92 Å². The van der Waals surface area contributed by atoms with Crippen LogP contribution in [0.5, 0.6) is 0 Å². The molecule has 3 rings (SSSR count). The molecule has 0 atom stereocenters. The zero-order valence-electron chi connectivity index (χ0n) is 12.7. The van der Waals surface area contributed by atoms with Crippen molar-refractivity contribution in [2.45, 2.75) is 19.8 Å². The average Bonchev–Trinajstić information content (AvgIpc) is 2.96. The van der Waals surface area contributed by atoms with Gasteiger partial charge in [-0.05, 0) is 30.9 Å². The van der Waals surface area contributed by atoms with Gasteiger partial charge in [0.1, 0.15) is 5.58 Å². The van der Waals surface area contributed by atoms with Gasteiger partial charge in [-0.1, -0.05) is 18.2 Å². The predicted molar refractivity (Wildman–Crippen MR) is 83.5 cm³/mol. The van der Waals surface area contributed by atoms with Crippen molar-refractivity contribution in [1.82, 2.24) is 10.2 Å². The Kier molecular flexibility index (Phi) is 4.13. The fourth-order valence-corrected chi connectivity index (χ4v) is 2.87. The van der Waals surface area contributed by atoms with Crippen molar-refractivity contribution < 1.29 is 14.0 Å². The van der Waals surface area contributed by atoms with Crippen LogP contribution < -0.4 is 5.32 Å². The highest BCUT2D eigenvalue weighted by atomic mass is 16.3. The van der Waals surface area contributed by atoms with Crippen LogP contribution in [-0.4, -0.2) is 36.3 Å². The molecule has 22 heavy (non-hydrogen) atoms. The summed E-state index contributed by atoms with van der Waals surface area (Å²) in [6, 6.07) is 9.44. The number of likely N-dealkylation sites (tertiary alicyclic amines) is 1. The molecule has 0 unspecified atom stereocenters. The maximum Gasteiger partial charge on any atom is 0.289 e. The zero-order valence-corrected chi connectivity index (χ0v) is 12.7. The molecule has 1 aliphatic heterocycles. The van der Waals surface area contributed by atoms with Crippen LogP contribution in [0.1, 0.15) is 30.3 Å². The van der Waals surface area contributed by atoms with Gasteiger partial charge in [0.25, 0.3) is 5.91 Å². The molecule has 0 bridgehead atoms. The number of hydrogen-bond donors (Lipinski definition) is 1. The maximum absolute atomic E-state index is 12.5. The third-order valence-electron chi connectivity index (χ3n) is 4.18. The Morgan fingerprint density at radius 1 is 1.27 bits per heavy atom. The topological polar surface area (TPSA) is 62.6 Å². The van der Waals surface area contributed by atoms with E-state index in [4.69, 9.17) is 4.42 Å². The van der Waals surface area contributed by atoms with Gasteiger partial charge < -0.3 is 14.6 Å². The Morgan fingerprint density at radius 2 is 2.00 bits per heavy atom. The third-order valence-corrected chi connectivity index (χ3v) is 4.18. The molecule has 1 aromatic heterocycles. The standard InChI is InChI=1S/C17H20N2O3/c1-12(20)18-11-13-6-8-19(9-7-13)17(21)16-10-14-4-2-3-5-15(14)22-16/h2-5,10,13H,6-9,11H2,1H3,(H,18,20). The summed E-state index contributed by atoms with van der Waals surface area (Å²) in [4.78, 5) is 25.3. The Bertz CT molecular complexity index is 651. The molecule has 1 aromatic carbocycles. The molecule has 1 fully saturated rings. The molecule has 1 saturated heterocycles. The van der Waals surface area contributed by atoms with Gasteiger partial charge in [0.2, 0.25) is 5.91 Å². The first kappa shape index (κ1) is 14.6. The molecule has 1 aliphatic rings. The Hall–Kier alpha value is -2.30. The maximum atomic E-state index is 12.5. The second-order valence-electron chi connectivity index (χ2n) is 5.82. The summed E-state index contributed by atoms with van der Waals surface area (Å²) in [7, 11) is 0. The number of para-hydroxylation sites is 1. The average molecular weight is 300 g/mol. The highest BCUT2D eigenvalue weighted by Crippen LogP contribution is 2.23. The SMILES string of the molecule is CC(=O)NCC1CCN(C(=O)c2cc3ccccc3o2)CC1. The smallest absolute Gasteiger partial charge is 0.289 e. The fourth-order valence-electron chi connectivity index (χ4n) is 2.87. The second-order valence-corrected chi connectivity index (χ2v) is 5.82. The molecule has 2 heterocycles. The lowest BCUT2D eigenvalue weighted by molar-refractivity contribution is -0.119. The molecule has 0 aliphatic carbocycles. The minimum atomic E-state index is -0.0471. The van der Waals surface area contributed by atoms with Crippen molar-refractivity contribution in [3.63, 3.8) is 0 Å². The van der Waals surface area contributed by atoms with E-state index < -0.39 is 0 Å². The van der Waals surface area contributed by atoms with Crippen molar-refractivity contribution in [1.29, 1.82) is 0 Å². The van der Waals surface area contributed by atoms with E-state index in [1.807, 2.05) is 29.2 Å². The molecule has 0 radical (unpaired) electrons. The molecule has 0 saturated carbocycles. The molecule has 2 amide bonds. The quantitative estimate of drug-likeness (QED) is 0.947. The van der Waals surface area contributed by atoms with Gasteiger partial charge >= 0.3 is 0 Å². The van der Waals surface area contributed by atoms with Crippen LogP contribution in [-0.2, 0) is 4.79 Å². The van der Waals surface area contributed by atoms with Gasteiger partial charge in [-0.15, -0.1) is 0 Å². The van der Waals surface area contributed by atoms with E-state index in [1.165, 1.54) is 6.92 Å². The molecule has 0 spiro atoms. The zero-order chi connectivity index (χ0) is 15.5. The first-order chi connectivity index (χ1) is 10.6. The van der Waals surface area contributed by atoms with E-state index in [2.05, 4.69) is 5.32 Å². The number of carbonyl (C=O) groups is 2. The first-order valence-corrected chi connectivity index (χ1v) is 7.66. The first-order valence-electron chi connectivity index (χ1n) is 7.66. The summed E-state index contributed by atoms with van der Waals surface area (Å²) in [6.07, 6.45) is 1.82. The van der Waals surface area contributed by atoms with Crippen LogP contribution in [0.25, 0.3) is 11.0 Å². The number of fused-ring (bicyclic) bond motifs is 1. The largest absolute Gasteiger partial charge is 0.451 e. The van der Waals surface area contributed by atoms with Crippen LogP contribution in [0.3, 0.4) is 0 Å². The molecular weight excluding hydrogens is 280 g/mol. The number of carbonyl (C=O) groups excluding carboxylic acids is 2. The highest BCUT2D eigenvalue weighted by molar-refractivity contribution is 5.96. The summed E-state index contributed by atoms with van der Waals surface area (Å²) in [5, 5.41) is 3.80. The van der Waals surface area contributed by atoms with Crippen molar-refractivity contribution in [3.8, 4) is 0 Å². The summed E-state index contributed by atoms with van der Waals surface area (Å²) in [5.74, 6) is 0.806. The number of nitrogens with zero attached hydrogens (tertiary/aromatic N) is 1. The molecular formula is C17H20N2O3. The predicted octanol–water partition coefficient (Wildman–Crippen LogP) is 2.42. The van der Waals surface area contributed by atoms with Gasteiger partial charge in [0.15, 0.2) is 5.76 Å². The van der Waals surface area contributed by atoms with E-state index in [-0.39, 0.29) is 11.8 Å². The third kappa shape index (κ3) is 3.13. The van der Waals surface area contributed by atoms with Crippen molar-refractivity contribution in [3.05, 3.63) is 36.1 Å². The minimum absolute atomic E-state index is 0.000724. The lowest BCUT2D eigenvalue weighted by Gasteiger charge is -2.31. The molecule has 2 aromatic rings. The summed E-state index contributed by atoms with van der Waals surface area (Å²) >= 11 is 0. The number of benzene rings is 1. The number of piperidine rings is 1. The van der Waals surface area contributed by atoms with Crippen molar-refractivity contribution >= 4 is 22.8 Å². The number of furan rings is 1. The van der Waals surface area contributed by atoms with E-state index in [1.54, 1.807) is 6.07 Å². The lowest BCUT2D eigenvalue weighted by atomic mass is 9.96. The van der Waals surface area contributed by atoms with Crippen LogP contribution >= 0.6 is 0 Å². The lowest BCUT2D eigenvalue weighted by Crippen LogP contribution is -2.41. The number of rotatable bonds is 3. The van der Waals surface area contributed by atoms with E-state index in [9.17, 15) is 9.59 Å². The van der Waals surface area contributed by atoms with Gasteiger partial charge in [-0.25, -0.2) is 0 Å². The summed E-state index contributed by atoms with van der Waals surface area (Å²) < 4.78 is 5.64. The summed E-state index contributed by atoms with van der Waals surface area (Å²) in [5.41, 5.74) is 0.742. The van der Waals surface area contributed by atoms with E-state index in [0.717, 1.165) is 23.8 Å². The second kappa shape index (κ2) is 6.22. The van der Waals surface area contributed by atoms with Gasteiger partial charge in [-0.2, -0.15) is 0 Å². The van der Waals surface area contributed by atoms with Crippen molar-refractivity contribution in [2.24, 2.45) is 5.92 Å². The Morgan fingerprint density at radius 3 is 2.68 bits per heavy atom. The van der Waals surface area contributed by atoms with Crippen LogP contribution in [0.4, 0.5) is 0 Å². The number of nitrogens with one attached hydrogen (secondary N) is 1. The fraction of sp³-hybridized carbons (Fsp3) is 0.412. The summed E-state index contributed by atoms with van der Waals surface area (Å²) in [6.45, 7) is 3.64. The van der Waals surface area contributed by atoms with Crippen LogP contribution in [0.2, 0.25) is 0 Å². The van der Waals surface area contributed by atoms with Crippen molar-refractivity contribution in [2.75, 3.05) is 19.6 Å². The normalized spacial score (nSPS) is 16.0. The molecule has 5 nitrogen and oxygen atoms in total. The van der Waals surface area contributed by atoms with Gasteiger partial charge in [-0.3, -0.25) is 9.59 Å². The van der Waals surface area contributed by atoms with E-state index in [0.29, 0.717) is 31.3 Å². The molecule has 5 heteroatoms. The highest BCUT2D eigenvalue weighted by Gasteiger charge is 2.25. The van der Waals surface area contributed by atoms with Crippen LogP contribution in [0.15, 0.2) is 34.7 Å². The number of hydrogen-bond acceptors (Lipinski definition) is 3. The minimum Gasteiger partial charge on any atom is -0.451 e. The van der Waals surface area contributed by atoms with E-state index >= 15 is 0 Å². The molecule has 116 valence electrons. The van der Waals surface area contributed by atoms with Gasteiger partial charge in [0, 0.05) is 31.9 Å². The Labute approximate surface area is 129 Å². The number of amides is 2. The molecule has 1 N–H and O–H groups in total. The monoisotopic (exact) mass is 300 g/mol. The Balaban J connectivity index is 1.61.